The molecular formula is C14H15ClN2O2. The van der Waals surface area contributed by atoms with E-state index in [1.54, 1.807) is 24.3 Å². The summed E-state index contributed by atoms with van der Waals surface area (Å²) in [7, 11) is 1.35. The van der Waals surface area contributed by atoms with Gasteiger partial charge in [-0.05, 0) is 24.6 Å². The first-order chi connectivity index (χ1) is 9.12. The van der Waals surface area contributed by atoms with E-state index in [2.05, 4.69) is 10.1 Å². The van der Waals surface area contributed by atoms with E-state index in [1.807, 2.05) is 13.0 Å². The second kappa shape index (κ2) is 7.45. The molecule has 100 valence electrons. The summed E-state index contributed by atoms with van der Waals surface area (Å²) in [5.41, 5.74) is 1.79. The smallest absolute Gasteiger partial charge is 0.333 e. The number of hydrogen-bond donors (Lipinski definition) is 1. The van der Waals surface area contributed by atoms with Crippen LogP contribution in [0.4, 0.5) is 5.69 Å². The molecule has 0 aliphatic heterocycles. The van der Waals surface area contributed by atoms with Crippen molar-refractivity contribution in [3.8, 4) is 6.07 Å². The maximum atomic E-state index is 11.4. The minimum absolute atomic E-state index is 0.332. The highest BCUT2D eigenvalue weighted by Gasteiger charge is 2.06. The number of nitriles is 1. The average molecular weight is 279 g/mol. The van der Waals surface area contributed by atoms with Crippen molar-refractivity contribution < 1.29 is 9.53 Å². The van der Waals surface area contributed by atoms with Crippen LogP contribution in [0, 0.1) is 11.3 Å². The fraction of sp³-hybridized carbons (Fsp3) is 0.286. The number of rotatable bonds is 5. The van der Waals surface area contributed by atoms with Crippen LogP contribution in [0.2, 0.25) is 5.02 Å². The lowest BCUT2D eigenvalue weighted by Crippen LogP contribution is -2.07. The van der Waals surface area contributed by atoms with Gasteiger partial charge in [0, 0.05) is 12.1 Å². The van der Waals surface area contributed by atoms with E-state index in [0.717, 1.165) is 0 Å². The zero-order chi connectivity index (χ0) is 14.3. The zero-order valence-electron chi connectivity index (χ0n) is 10.9. The van der Waals surface area contributed by atoms with Gasteiger partial charge in [-0.15, -0.1) is 0 Å². The maximum absolute atomic E-state index is 11.4. The van der Waals surface area contributed by atoms with E-state index < -0.39 is 0 Å². The van der Waals surface area contributed by atoms with Gasteiger partial charge >= 0.3 is 5.97 Å². The third-order valence-corrected chi connectivity index (χ3v) is 2.89. The number of carbonyl (C=O) groups excluding carboxylic acids is 1. The number of anilines is 1. The predicted molar refractivity (Wildman–Crippen MR) is 75.0 cm³/mol. The second-order valence-electron chi connectivity index (χ2n) is 3.76. The topological polar surface area (TPSA) is 62.1 Å². The third kappa shape index (κ3) is 4.31. The minimum Gasteiger partial charge on any atom is -0.466 e. The Kier molecular flexibility index (Phi) is 5.91. The number of ether oxygens (including phenoxy) is 1. The first-order valence-corrected chi connectivity index (χ1v) is 6.21. The number of hydrogen-bond acceptors (Lipinski definition) is 4. The summed E-state index contributed by atoms with van der Waals surface area (Å²) in [5.74, 6) is -0.332. The van der Waals surface area contributed by atoms with Crippen LogP contribution in [0.5, 0.6) is 0 Å². The molecule has 0 aromatic heterocycles. The lowest BCUT2D eigenvalue weighted by atomic mass is 10.2. The lowest BCUT2D eigenvalue weighted by Gasteiger charge is -2.07. The van der Waals surface area contributed by atoms with Gasteiger partial charge in [0.25, 0.3) is 0 Å². The Morgan fingerprint density at radius 3 is 2.89 bits per heavy atom. The molecule has 1 aromatic carbocycles. The highest BCUT2D eigenvalue weighted by Crippen LogP contribution is 2.22. The summed E-state index contributed by atoms with van der Waals surface area (Å²) in [5, 5.41) is 12.4. The number of nitrogens with one attached hydrogen (secondary N) is 1. The Morgan fingerprint density at radius 2 is 2.32 bits per heavy atom. The predicted octanol–water partition coefficient (Wildman–Crippen LogP) is 3.13. The molecule has 4 nitrogen and oxygen atoms in total. The summed E-state index contributed by atoms with van der Waals surface area (Å²) in [6, 6.07) is 7.02. The third-order valence-electron chi connectivity index (χ3n) is 2.56. The molecule has 5 heteroatoms. The molecule has 1 aromatic rings. The number of halogens is 1. The van der Waals surface area contributed by atoms with Crippen LogP contribution in [-0.4, -0.2) is 19.6 Å². The highest BCUT2D eigenvalue weighted by molar-refractivity contribution is 6.33. The monoisotopic (exact) mass is 278 g/mol. The summed E-state index contributed by atoms with van der Waals surface area (Å²) in [6.07, 6.45) is 2.35. The second-order valence-corrected chi connectivity index (χ2v) is 4.17. The van der Waals surface area contributed by atoms with Gasteiger partial charge in [0.05, 0.1) is 29.5 Å². The molecule has 0 aliphatic rings. The molecule has 0 radical (unpaired) electrons. The quantitative estimate of drug-likeness (QED) is 0.664. The Hall–Kier alpha value is -1.99. The summed E-state index contributed by atoms with van der Waals surface area (Å²) in [4.78, 5) is 11.4. The number of esters is 1. The van der Waals surface area contributed by atoms with Crippen LogP contribution in [0.3, 0.4) is 0 Å². The Labute approximate surface area is 117 Å². The molecule has 0 fully saturated rings. The number of nitrogens with zero attached hydrogens (tertiary/aromatic N) is 1. The number of methoxy groups -OCH3 is 1. The van der Waals surface area contributed by atoms with E-state index in [9.17, 15) is 4.79 Å². The minimum atomic E-state index is -0.332. The summed E-state index contributed by atoms with van der Waals surface area (Å²) < 4.78 is 4.66. The SMILES string of the molecule is CC/C(=C/CNc1cc(C#N)ccc1Cl)C(=O)OC. The van der Waals surface area contributed by atoms with E-state index >= 15 is 0 Å². The van der Waals surface area contributed by atoms with Crippen LogP contribution in [0.1, 0.15) is 18.9 Å². The van der Waals surface area contributed by atoms with Gasteiger partial charge < -0.3 is 10.1 Å². The Bertz CT molecular complexity index is 533. The molecule has 0 aliphatic carbocycles. The van der Waals surface area contributed by atoms with E-state index in [-0.39, 0.29) is 5.97 Å². The van der Waals surface area contributed by atoms with Crippen LogP contribution >= 0.6 is 11.6 Å². The molecule has 0 spiro atoms. The molecule has 0 bridgehead atoms. The van der Waals surface area contributed by atoms with Crippen molar-refractivity contribution in [1.29, 1.82) is 5.26 Å². The normalized spacial score (nSPS) is 10.7. The molecule has 1 rings (SSSR count). The molecule has 0 saturated carbocycles. The van der Waals surface area contributed by atoms with Crippen molar-refractivity contribution in [2.45, 2.75) is 13.3 Å². The highest BCUT2D eigenvalue weighted by atomic mass is 35.5. The van der Waals surface area contributed by atoms with Gasteiger partial charge in [-0.2, -0.15) is 5.26 Å². The van der Waals surface area contributed by atoms with Gasteiger partial charge in [-0.1, -0.05) is 24.6 Å². The molecule has 0 atom stereocenters. The molecular weight excluding hydrogens is 264 g/mol. The maximum Gasteiger partial charge on any atom is 0.333 e. The Morgan fingerprint density at radius 1 is 1.58 bits per heavy atom. The molecule has 0 heterocycles. The van der Waals surface area contributed by atoms with E-state index in [4.69, 9.17) is 16.9 Å². The fourth-order valence-electron chi connectivity index (χ4n) is 1.52. The molecule has 0 unspecified atom stereocenters. The standard InChI is InChI=1S/C14H15ClN2O2/c1-3-11(14(18)19-2)6-7-17-13-8-10(9-16)4-5-12(13)15/h4-6,8,17H,3,7H2,1-2H3/b11-6-. The van der Waals surface area contributed by atoms with Crippen molar-refractivity contribution in [3.63, 3.8) is 0 Å². The van der Waals surface area contributed by atoms with Crippen LogP contribution < -0.4 is 5.32 Å². The summed E-state index contributed by atoms with van der Waals surface area (Å²) >= 11 is 6.01. The summed E-state index contributed by atoms with van der Waals surface area (Å²) in [6.45, 7) is 2.32. The van der Waals surface area contributed by atoms with Gasteiger partial charge in [0.15, 0.2) is 0 Å². The van der Waals surface area contributed by atoms with Crippen molar-refractivity contribution in [2.75, 3.05) is 19.0 Å². The van der Waals surface area contributed by atoms with Crippen molar-refractivity contribution in [3.05, 3.63) is 40.4 Å². The largest absolute Gasteiger partial charge is 0.466 e. The van der Waals surface area contributed by atoms with Gasteiger partial charge in [0.1, 0.15) is 0 Å². The molecule has 0 amide bonds. The van der Waals surface area contributed by atoms with Crippen molar-refractivity contribution >= 4 is 23.3 Å². The van der Waals surface area contributed by atoms with Crippen LogP contribution in [0.25, 0.3) is 0 Å². The molecule has 0 saturated heterocycles. The van der Waals surface area contributed by atoms with E-state index in [0.29, 0.717) is 34.8 Å². The number of benzene rings is 1. The average Bonchev–Trinajstić information content (AvgIpc) is 2.44. The lowest BCUT2D eigenvalue weighted by molar-refractivity contribution is -0.136. The van der Waals surface area contributed by atoms with Gasteiger partial charge in [-0.3, -0.25) is 0 Å². The van der Waals surface area contributed by atoms with Crippen molar-refractivity contribution in [1.82, 2.24) is 0 Å². The van der Waals surface area contributed by atoms with Gasteiger partial charge in [0.2, 0.25) is 0 Å². The van der Waals surface area contributed by atoms with Crippen LogP contribution in [-0.2, 0) is 9.53 Å². The van der Waals surface area contributed by atoms with Crippen molar-refractivity contribution in [2.24, 2.45) is 0 Å². The fourth-order valence-corrected chi connectivity index (χ4v) is 1.70. The molecule has 19 heavy (non-hydrogen) atoms. The van der Waals surface area contributed by atoms with Crippen LogP contribution in [0.15, 0.2) is 29.8 Å². The first-order valence-electron chi connectivity index (χ1n) is 5.83. The first kappa shape index (κ1) is 15.1. The van der Waals surface area contributed by atoms with E-state index in [1.165, 1.54) is 7.11 Å². The number of carbonyl (C=O) groups is 1. The van der Waals surface area contributed by atoms with Gasteiger partial charge in [-0.25, -0.2) is 4.79 Å². The zero-order valence-corrected chi connectivity index (χ0v) is 11.6. The Balaban J connectivity index is 2.74. The molecule has 1 N–H and O–H groups in total.